The van der Waals surface area contributed by atoms with E-state index in [-0.39, 0.29) is 5.41 Å². The molecule has 6 heteroatoms. The molecule has 4 rings (SSSR count). The van der Waals surface area contributed by atoms with Crippen molar-refractivity contribution in [2.24, 2.45) is 0 Å². The van der Waals surface area contributed by atoms with Crippen LogP contribution in [-0.4, -0.2) is 25.7 Å². The maximum absolute atomic E-state index is 6.55. The number of methoxy groups -OCH3 is 1. The number of aromatic nitrogens is 2. The summed E-state index contributed by atoms with van der Waals surface area (Å²) in [6.45, 7) is 15.5. The summed E-state index contributed by atoms with van der Waals surface area (Å²) < 4.78 is 21.3. The predicted molar refractivity (Wildman–Crippen MR) is 154 cm³/mol. The van der Waals surface area contributed by atoms with Gasteiger partial charge in [0.05, 0.1) is 12.8 Å². The molecule has 0 unspecified atom stereocenters. The van der Waals surface area contributed by atoms with Crippen molar-refractivity contribution in [2.75, 3.05) is 7.11 Å². The lowest BCUT2D eigenvalue weighted by molar-refractivity contribution is 0.283. The van der Waals surface area contributed by atoms with Crippen LogP contribution in [0.5, 0.6) is 17.2 Å². The monoisotopic (exact) mass is 514 g/mol. The van der Waals surface area contributed by atoms with Gasteiger partial charge < -0.3 is 18.5 Å². The summed E-state index contributed by atoms with van der Waals surface area (Å²) in [5.41, 5.74) is 5.97. The van der Waals surface area contributed by atoms with Crippen LogP contribution in [-0.2, 0) is 12.0 Å². The van der Waals surface area contributed by atoms with Gasteiger partial charge in [0, 0.05) is 22.5 Å². The average molecular weight is 515 g/mol. The van der Waals surface area contributed by atoms with Crippen LogP contribution in [0.4, 0.5) is 0 Å². The van der Waals surface area contributed by atoms with Gasteiger partial charge in [-0.3, -0.25) is 0 Å². The highest BCUT2D eigenvalue weighted by atomic mass is 28.3. The Morgan fingerprint density at radius 3 is 2.11 bits per heavy atom. The molecule has 2 aromatic carbocycles. The third-order valence-electron chi connectivity index (χ3n) is 6.29. The topological polar surface area (TPSA) is 45.5 Å². The van der Waals surface area contributed by atoms with Crippen molar-refractivity contribution in [3.63, 3.8) is 0 Å². The lowest BCUT2D eigenvalue weighted by atomic mass is 9.84. The van der Waals surface area contributed by atoms with Crippen molar-refractivity contribution in [3.8, 4) is 34.3 Å². The smallest absolute Gasteiger partial charge is 0.229 e. The minimum absolute atomic E-state index is 0.200. The number of ether oxygens (including phenoxy) is 2. The van der Waals surface area contributed by atoms with E-state index in [0.717, 1.165) is 45.3 Å². The second-order valence-corrected chi connectivity index (χ2v) is 13.0. The Balaban J connectivity index is 1.92. The quantitative estimate of drug-likeness (QED) is 0.230. The normalized spacial score (nSPS) is 11.6. The fourth-order valence-electron chi connectivity index (χ4n) is 4.52. The molecule has 0 atom stereocenters. The molecule has 37 heavy (non-hydrogen) atoms. The van der Waals surface area contributed by atoms with Gasteiger partial charge in [0.15, 0.2) is 17.2 Å². The first-order valence-electron chi connectivity index (χ1n) is 12.8. The Morgan fingerprint density at radius 2 is 1.51 bits per heavy atom. The molecule has 4 aromatic rings. The van der Waals surface area contributed by atoms with Gasteiger partial charge >= 0.3 is 0 Å². The van der Waals surface area contributed by atoms with Crippen LogP contribution >= 0.6 is 0 Å². The molecule has 0 saturated heterocycles. The second kappa shape index (κ2) is 10.8. The molecule has 0 aliphatic carbocycles. The third kappa shape index (κ3) is 5.75. The van der Waals surface area contributed by atoms with Crippen molar-refractivity contribution >= 4 is 9.04 Å². The van der Waals surface area contributed by atoms with E-state index in [1.807, 2.05) is 36.4 Å². The van der Waals surface area contributed by atoms with Gasteiger partial charge in [0.25, 0.3) is 0 Å². The first-order valence-corrected chi connectivity index (χ1v) is 15.6. The van der Waals surface area contributed by atoms with Crippen LogP contribution in [0.2, 0.25) is 13.1 Å². The van der Waals surface area contributed by atoms with Gasteiger partial charge in [0.1, 0.15) is 12.4 Å². The molecule has 2 aromatic heterocycles. The number of hydrogen-bond donors (Lipinski definition) is 0. The summed E-state index contributed by atoms with van der Waals surface area (Å²) in [7, 11) is 0.186. The van der Waals surface area contributed by atoms with E-state index in [1.165, 1.54) is 0 Å². The first kappa shape index (κ1) is 26.5. The second-order valence-electron chi connectivity index (χ2n) is 10.7. The molecule has 0 bridgehead atoms. The van der Waals surface area contributed by atoms with Crippen molar-refractivity contribution in [2.45, 2.75) is 59.7 Å². The summed E-state index contributed by atoms with van der Waals surface area (Å²) in [4.78, 5) is 5.08. The fourth-order valence-corrected chi connectivity index (χ4v) is 5.20. The van der Waals surface area contributed by atoms with Gasteiger partial charge in [0.2, 0.25) is 9.04 Å². The summed E-state index contributed by atoms with van der Waals surface area (Å²) in [5, 5.41) is 0. The van der Waals surface area contributed by atoms with Gasteiger partial charge in [-0.25, -0.2) is 4.98 Å². The van der Waals surface area contributed by atoms with Crippen LogP contribution in [0.1, 0.15) is 43.3 Å². The molecule has 0 aliphatic rings. The Bertz CT molecular complexity index is 1350. The first-order chi connectivity index (χ1) is 17.6. The molecule has 0 aliphatic heterocycles. The maximum atomic E-state index is 6.55. The summed E-state index contributed by atoms with van der Waals surface area (Å²) in [5.74, 6) is 2.94. The standard InChI is InChI=1S/C31H38N2O3Si/c1-21-17-18-22(2)33(21)27-16-12-15-26(32-27)24-19-25(31(3,4)5)29(30(28(24)34-6)36-37(7)8)35-20-23-13-10-9-11-14-23/h9-19,37H,20H2,1-8H3. The molecule has 0 radical (unpaired) electrons. The van der Waals surface area contributed by atoms with E-state index in [4.69, 9.17) is 18.9 Å². The Kier molecular flexibility index (Phi) is 7.78. The molecule has 194 valence electrons. The van der Waals surface area contributed by atoms with E-state index in [9.17, 15) is 0 Å². The Labute approximate surface area is 222 Å². The van der Waals surface area contributed by atoms with E-state index in [1.54, 1.807) is 7.11 Å². The van der Waals surface area contributed by atoms with E-state index in [2.05, 4.69) is 82.6 Å². The lowest BCUT2D eigenvalue weighted by Gasteiger charge is -2.28. The van der Waals surface area contributed by atoms with Gasteiger partial charge in [-0.2, -0.15) is 0 Å². The SMILES string of the molecule is COc1c(-c2cccc(-n3c(C)ccc3C)n2)cc(C(C)(C)C)c(OCc2ccccc2)c1O[SiH](C)C. The van der Waals surface area contributed by atoms with Gasteiger partial charge in [-0.15, -0.1) is 0 Å². The molecule has 0 saturated carbocycles. The van der Waals surface area contributed by atoms with E-state index in [0.29, 0.717) is 18.1 Å². The third-order valence-corrected chi connectivity index (χ3v) is 7.00. The molecular formula is C31H38N2O3Si. The highest BCUT2D eigenvalue weighted by molar-refractivity contribution is 6.49. The number of rotatable bonds is 8. The van der Waals surface area contributed by atoms with Crippen molar-refractivity contribution in [1.82, 2.24) is 9.55 Å². The van der Waals surface area contributed by atoms with Crippen LogP contribution in [0, 0.1) is 13.8 Å². The van der Waals surface area contributed by atoms with Gasteiger partial charge in [-0.05, 0) is 68.3 Å². The number of benzene rings is 2. The molecule has 5 nitrogen and oxygen atoms in total. The Morgan fingerprint density at radius 1 is 0.838 bits per heavy atom. The van der Waals surface area contributed by atoms with Gasteiger partial charge in [-0.1, -0.05) is 57.2 Å². The van der Waals surface area contributed by atoms with Crippen molar-refractivity contribution in [1.29, 1.82) is 0 Å². The number of hydrogen-bond acceptors (Lipinski definition) is 4. The minimum atomic E-state index is -1.50. The molecule has 0 spiro atoms. The number of nitrogens with zero attached hydrogens (tertiary/aromatic N) is 2. The van der Waals surface area contributed by atoms with E-state index < -0.39 is 9.04 Å². The molecule has 0 amide bonds. The van der Waals surface area contributed by atoms with Crippen molar-refractivity contribution in [3.05, 3.63) is 89.2 Å². The summed E-state index contributed by atoms with van der Waals surface area (Å²) in [6, 6.07) is 22.7. The molecular weight excluding hydrogens is 476 g/mol. The summed E-state index contributed by atoms with van der Waals surface area (Å²) >= 11 is 0. The highest BCUT2D eigenvalue weighted by Gasteiger charge is 2.29. The largest absolute Gasteiger partial charge is 0.542 e. The molecule has 0 fully saturated rings. The number of aryl methyl sites for hydroxylation is 2. The molecule has 0 N–H and O–H groups in total. The maximum Gasteiger partial charge on any atom is 0.229 e. The lowest BCUT2D eigenvalue weighted by Crippen LogP contribution is -2.18. The number of pyridine rings is 1. The van der Waals surface area contributed by atoms with Crippen LogP contribution in [0.15, 0.2) is 66.7 Å². The predicted octanol–water partition coefficient (Wildman–Crippen LogP) is 7.40. The average Bonchev–Trinajstić information content (AvgIpc) is 3.20. The van der Waals surface area contributed by atoms with Crippen LogP contribution in [0.25, 0.3) is 17.1 Å². The summed E-state index contributed by atoms with van der Waals surface area (Å²) in [6.07, 6.45) is 0. The Hall–Kier alpha value is -3.51. The molecule has 2 heterocycles. The van der Waals surface area contributed by atoms with Crippen LogP contribution in [0.3, 0.4) is 0 Å². The fraction of sp³-hybridized carbons (Fsp3) is 0.323. The van der Waals surface area contributed by atoms with Crippen LogP contribution < -0.4 is 13.9 Å². The zero-order valence-electron chi connectivity index (χ0n) is 23.3. The van der Waals surface area contributed by atoms with Crippen molar-refractivity contribution < 1.29 is 13.9 Å². The zero-order chi connectivity index (χ0) is 26.7. The zero-order valence-corrected chi connectivity index (χ0v) is 24.4. The van der Waals surface area contributed by atoms with E-state index >= 15 is 0 Å². The minimum Gasteiger partial charge on any atom is -0.542 e. The highest BCUT2D eigenvalue weighted by Crippen LogP contribution is 2.50.